The molecule has 114 valence electrons. The molecule has 0 bridgehead atoms. The summed E-state index contributed by atoms with van der Waals surface area (Å²) in [5.74, 6) is -0.280. The van der Waals surface area contributed by atoms with E-state index in [1.165, 1.54) is 0 Å². The lowest BCUT2D eigenvalue weighted by molar-refractivity contribution is 0.0695. The van der Waals surface area contributed by atoms with E-state index in [-0.39, 0.29) is 0 Å². The number of aromatic nitrogens is 1. The molecule has 0 unspecified atom stereocenters. The zero-order valence-corrected chi connectivity index (χ0v) is 11.8. The zero-order valence-electron chi connectivity index (χ0n) is 11.8. The van der Waals surface area contributed by atoms with Crippen LogP contribution in [0.4, 0.5) is 10.2 Å². The minimum Gasteiger partial charge on any atom is -0.478 e. The van der Waals surface area contributed by atoms with E-state index in [0.717, 1.165) is 11.3 Å². The van der Waals surface area contributed by atoms with Crippen LogP contribution in [0.3, 0.4) is 0 Å². The van der Waals surface area contributed by atoms with Crippen LogP contribution < -0.4 is 4.90 Å². The molecule has 0 spiro atoms. The maximum Gasteiger partial charge on any atom is 0.336 e. The number of carboxylic acids is 1. The standard InChI is InChI=1S/C15H19FN2O3/c16-10-1-5-18(6-2-10)14-9-12(15(19)20)11-3-7-21-8-4-13(11)17-14/h9-10H,1-8H2,(H,19,20). The molecule has 5 nitrogen and oxygen atoms in total. The summed E-state index contributed by atoms with van der Waals surface area (Å²) in [4.78, 5) is 18.1. The summed E-state index contributed by atoms with van der Waals surface area (Å²) < 4.78 is 18.7. The first kappa shape index (κ1) is 14.3. The van der Waals surface area contributed by atoms with Crippen LogP contribution in [0.5, 0.6) is 0 Å². The Morgan fingerprint density at radius 1 is 1.33 bits per heavy atom. The van der Waals surface area contributed by atoms with Crippen molar-refractivity contribution in [2.24, 2.45) is 0 Å². The van der Waals surface area contributed by atoms with Crippen LogP contribution in [-0.4, -0.2) is 48.5 Å². The number of nitrogens with zero attached hydrogens (tertiary/aromatic N) is 2. The zero-order chi connectivity index (χ0) is 14.8. The fourth-order valence-electron chi connectivity index (χ4n) is 2.97. The molecule has 6 heteroatoms. The first-order valence-corrected chi connectivity index (χ1v) is 7.38. The summed E-state index contributed by atoms with van der Waals surface area (Å²) in [7, 11) is 0. The number of ether oxygens (including phenoxy) is 1. The predicted octanol–water partition coefficient (Wildman–Crippen LogP) is 1.83. The van der Waals surface area contributed by atoms with Gasteiger partial charge in [-0.3, -0.25) is 0 Å². The Kier molecular flexibility index (Phi) is 4.05. The van der Waals surface area contributed by atoms with Crippen LogP contribution in [0.25, 0.3) is 0 Å². The molecular weight excluding hydrogens is 275 g/mol. The maximum absolute atomic E-state index is 13.2. The number of halogens is 1. The number of carbonyl (C=O) groups is 1. The molecule has 2 aliphatic rings. The minimum absolute atomic E-state index is 0.308. The van der Waals surface area contributed by atoms with Gasteiger partial charge in [0, 0.05) is 25.2 Å². The van der Waals surface area contributed by atoms with Gasteiger partial charge in [-0.25, -0.2) is 14.2 Å². The molecule has 0 aliphatic carbocycles. The highest BCUT2D eigenvalue weighted by Crippen LogP contribution is 2.26. The van der Waals surface area contributed by atoms with E-state index in [1.807, 2.05) is 4.90 Å². The molecule has 0 aromatic carbocycles. The normalized spacial score (nSPS) is 20.0. The van der Waals surface area contributed by atoms with Crippen LogP contribution in [0.2, 0.25) is 0 Å². The number of fused-ring (bicyclic) bond motifs is 1. The molecular formula is C15H19FN2O3. The molecule has 0 amide bonds. The highest BCUT2D eigenvalue weighted by molar-refractivity contribution is 5.90. The van der Waals surface area contributed by atoms with E-state index >= 15 is 0 Å². The summed E-state index contributed by atoms with van der Waals surface area (Å²) in [6, 6.07) is 1.63. The summed E-state index contributed by atoms with van der Waals surface area (Å²) in [6.07, 6.45) is 1.41. The molecule has 1 aromatic rings. The van der Waals surface area contributed by atoms with Gasteiger partial charge in [0.05, 0.1) is 18.8 Å². The fourth-order valence-corrected chi connectivity index (χ4v) is 2.97. The van der Waals surface area contributed by atoms with Gasteiger partial charge in [-0.05, 0) is 30.9 Å². The van der Waals surface area contributed by atoms with Gasteiger partial charge >= 0.3 is 5.97 Å². The van der Waals surface area contributed by atoms with Gasteiger partial charge in [-0.15, -0.1) is 0 Å². The number of hydrogen-bond acceptors (Lipinski definition) is 4. The van der Waals surface area contributed by atoms with Gasteiger partial charge in [0.1, 0.15) is 12.0 Å². The fraction of sp³-hybridized carbons (Fsp3) is 0.600. The van der Waals surface area contributed by atoms with Gasteiger partial charge in [0.2, 0.25) is 0 Å². The second-order valence-electron chi connectivity index (χ2n) is 5.53. The maximum atomic E-state index is 13.2. The molecule has 0 radical (unpaired) electrons. The van der Waals surface area contributed by atoms with Gasteiger partial charge < -0.3 is 14.7 Å². The van der Waals surface area contributed by atoms with Crippen LogP contribution in [-0.2, 0) is 17.6 Å². The number of alkyl halides is 1. The SMILES string of the molecule is O=C(O)c1cc(N2CCC(F)CC2)nc2c1CCOCC2. The summed E-state index contributed by atoms with van der Waals surface area (Å²) in [5.41, 5.74) is 1.90. The van der Waals surface area contributed by atoms with Crippen LogP contribution in [0.1, 0.15) is 34.5 Å². The number of hydrogen-bond donors (Lipinski definition) is 1. The molecule has 21 heavy (non-hydrogen) atoms. The summed E-state index contributed by atoms with van der Waals surface area (Å²) in [5, 5.41) is 9.45. The second-order valence-corrected chi connectivity index (χ2v) is 5.53. The number of piperidine rings is 1. The van der Waals surface area contributed by atoms with E-state index in [9.17, 15) is 14.3 Å². The monoisotopic (exact) mass is 294 g/mol. The molecule has 1 N–H and O–H groups in total. The molecule has 3 heterocycles. The number of anilines is 1. The van der Waals surface area contributed by atoms with Crippen LogP contribution in [0, 0.1) is 0 Å². The number of pyridine rings is 1. The Balaban J connectivity index is 1.96. The van der Waals surface area contributed by atoms with Crippen molar-refractivity contribution >= 4 is 11.8 Å². The number of carboxylic acid groups (broad SMARTS) is 1. The van der Waals surface area contributed by atoms with E-state index in [0.29, 0.717) is 63.4 Å². The largest absolute Gasteiger partial charge is 0.478 e. The van der Waals surface area contributed by atoms with Crippen molar-refractivity contribution in [3.63, 3.8) is 0 Å². The third kappa shape index (κ3) is 3.00. The lowest BCUT2D eigenvalue weighted by Crippen LogP contribution is -2.35. The van der Waals surface area contributed by atoms with E-state index in [1.54, 1.807) is 6.07 Å². The lowest BCUT2D eigenvalue weighted by Gasteiger charge is -2.30. The average molecular weight is 294 g/mol. The molecule has 0 atom stereocenters. The van der Waals surface area contributed by atoms with Gasteiger partial charge in [-0.2, -0.15) is 0 Å². The van der Waals surface area contributed by atoms with Crippen molar-refractivity contribution in [2.75, 3.05) is 31.2 Å². The van der Waals surface area contributed by atoms with Crippen LogP contribution >= 0.6 is 0 Å². The van der Waals surface area contributed by atoms with Crippen molar-refractivity contribution in [2.45, 2.75) is 31.9 Å². The van der Waals surface area contributed by atoms with Crippen LogP contribution in [0.15, 0.2) is 6.07 Å². The Morgan fingerprint density at radius 2 is 2.05 bits per heavy atom. The molecule has 2 aliphatic heterocycles. The van der Waals surface area contributed by atoms with E-state index < -0.39 is 12.1 Å². The van der Waals surface area contributed by atoms with Crippen molar-refractivity contribution < 1.29 is 19.0 Å². The number of aromatic carboxylic acids is 1. The van der Waals surface area contributed by atoms with Crippen molar-refractivity contribution in [1.29, 1.82) is 0 Å². The average Bonchev–Trinajstić information content (AvgIpc) is 2.72. The first-order valence-electron chi connectivity index (χ1n) is 7.38. The van der Waals surface area contributed by atoms with Gasteiger partial charge in [0.15, 0.2) is 0 Å². The Labute approximate surface area is 122 Å². The second kappa shape index (κ2) is 5.97. The molecule has 0 saturated carbocycles. The van der Waals surface area contributed by atoms with E-state index in [2.05, 4.69) is 4.98 Å². The Morgan fingerprint density at radius 3 is 2.76 bits per heavy atom. The predicted molar refractivity (Wildman–Crippen MR) is 75.8 cm³/mol. The van der Waals surface area contributed by atoms with Crippen molar-refractivity contribution in [1.82, 2.24) is 4.98 Å². The molecule has 1 fully saturated rings. The summed E-state index contributed by atoms with van der Waals surface area (Å²) in [6.45, 7) is 2.27. The smallest absolute Gasteiger partial charge is 0.336 e. The topological polar surface area (TPSA) is 62.7 Å². The third-order valence-corrected chi connectivity index (χ3v) is 4.15. The quantitative estimate of drug-likeness (QED) is 0.901. The number of rotatable bonds is 2. The van der Waals surface area contributed by atoms with Crippen molar-refractivity contribution in [3.05, 3.63) is 22.9 Å². The van der Waals surface area contributed by atoms with Gasteiger partial charge in [0.25, 0.3) is 0 Å². The Hall–Kier alpha value is -1.69. The third-order valence-electron chi connectivity index (χ3n) is 4.15. The molecule has 1 aromatic heterocycles. The lowest BCUT2D eigenvalue weighted by atomic mass is 10.0. The van der Waals surface area contributed by atoms with E-state index in [4.69, 9.17) is 4.74 Å². The highest BCUT2D eigenvalue weighted by atomic mass is 19.1. The first-order chi connectivity index (χ1) is 10.1. The van der Waals surface area contributed by atoms with Crippen molar-refractivity contribution in [3.8, 4) is 0 Å². The van der Waals surface area contributed by atoms with Gasteiger partial charge in [-0.1, -0.05) is 0 Å². The highest BCUT2D eigenvalue weighted by Gasteiger charge is 2.24. The Bertz CT molecular complexity index is 542. The summed E-state index contributed by atoms with van der Waals surface area (Å²) >= 11 is 0. The minimum atomic E-state index is -0.933. The molecule has 3 rings (SSSR count). The molecule has 1 saturated heterocycles.